The lowest BCUT2D eigenvalue weighted by Gasteiger charge is -2.29. The van der Waals surface area contributed by atoms with Gasteiger partial charge in [0.1, 0.15) is 5.82 Å². The fourth-order valence-electron chi connectivity index (χ4n) is 3.47. The van der Waals surface area contributed by atoms with Gasteiger partial charge in [-0.1, -0.05) is 12.1 Å². The van der Waals surface area contributed by atoms with Crippen molar-refractivity contribution in [2.45, 2.75) is 37.8 Å². The normalized spacial score (nSPS) is 20.0. The predicted octanol–water partition coefficient (Wildman–Crippen LogP) is 3.26. The van der Waals surface area contributed by atoms with Crippen LogP contribution in [-0.2, 0) is 9.53 Å². The molecule has 0 saturated heterocycles. The molecule has 1 aliphatic rings. The van der Waals surface area contributed by atoms with Gasteiger partial charge in [0, 0.05) is 36.5 Å². The van der Waals surface area contributed by atoms with Gasteiger partial charge in [-0.15, -0.1) is 0 Å². The number of aromatic amines is 1. The standard InChI is InChI=1S/C17H20N4O.CH2O2/c1-22-15-6-4-14(5-7-15)21-9-8-18-17(21)12-2-3-13-11-19-20-16(13)10-12;2-1-3/h2-3,8-11,14-15H,4-7H2,1H3,(H,19,20);1H,(H,2,3). The number of aromatic nitrogens is 4. The number of ether oxygens (including phenoxy) is 1. The monoisotopic (exact) mass is 342 g/mol. The highest BCUT2D eigenvalue weighted by atomic mass is 16.5. The van der Waals surface area contributed by atoms with E-state index in [4.69, 9.17) is 14.6 Å². The van der Waals surface area contributed by atoms with E-state index in [9.17, 15) is 0 Å². The van der Waals surface area contributed by atoms with Gasteiger partial charge in [0.25, 0.3) is 6.47 Å². The first-order valence-electron chi connectivity index (χ1n) is 8.33. The zero-order valence-corrected chi connectivity index (χ0v) is 14.1. The van der Waals surface area contributed by atoms with E-state index in [1.807, 2.05) is 19.5 Å². The first-order chi connectivity index (χ1) is 12.3. The molecule has 1 aliphatic carbocycles. The Balaban J connectivity index is 0.000000569. The first kappa shape index (κ1) is 17.2. The number of nitrogens with zero attached hydrogens (tertiary/aromatic N) is 3. The van der Waals surface area contributed by atoms with Gasteiger partial charge in [0.15, 0.2) is 0 Å². The predicted molar refractivity (Wildman–Crippen MR) is 94.3 cm³/mol. The first-order valence-corrected chi connectivity index (χ1v) is 8.33. The quantitative estimate of drug-likeness (QED) is 0.713. The minimum Gasteiger partial charge on any atom is -0.483 e. The second kappa shape index (κ2) is 7.94. The molecule has 1 saturated carbocycles. The summed E-state index contributed by atoms with van der Waals surface area (Å²) in [6.45, 7) is -0.250. The number of methoxy groups -OCH3 is 1. The van der Waals surface area contributed by atoms with E-state index >= 15 is 0 Å². The number of carboxylic acid groups (broad SMARTS) is 1. The van der Waals surface area contributed by atoms with E-state index < -0.39 is 0 Å². The maximum atomic E-state index is 8.36. The lowest BCUT2D eigenvalue weighted by molar-refractivity contribution is -0.122. The molecule has 1 aromatic carbocycles. The minimum absolute atomic E-state index is 0.250. The molecular formula is C18H22N4O3. The van der Waals surface area contributed by atoms with Crippen LogP contribution in [0.2, 0.25) is 0 Å². The van der Waals surface area contributed by atoms with Crippen LogP contribution in [0.3, 0.4) is 0 Å². The summed E-state index contributed by atoms with van der Waals surface area (Å²) < 4.78 is 7.80. The summed E-state index contributed by atoms with van der Waals surface area (Å²) in [5.74, 6) is 1.04. The molecule has 25 heavy (non-hydrogen) atoms. The lowest BCUT2D eigenvalue weighted by Crippen LogP contribution is -2.22. The van der Waals surface area contributed by atoms with E-state index in [2.05, 4.69) is 44.1 Å². The van der Waals surface area contributed by atoms with Gasteiger partial charge in [0.05, 0.1) is 17.8 Å². The van der Waals surface area contributed by atoms with E-state index in [1.165, 1.54) is 0 Å². The molecule has 3 aromatic rings. The third-order valence-corrected chi connectivity index (χ3v) is 4.74. The number of rotatable bonds is 3. The van der Waals surface area contributed by atoms with Crippen LogP contribution in [0, 0.1) is 0 Å². The molecule has 0 amide bonds. The molecule has 2 heterocycles. The molecule has 0 bridgehead atoms. The van der Waals surface area contributed by atoms with E-state index in [0.29, 0.717) is 12.1 Å². The van der Waals surface area contributed by atoms with Crippen molar-refractivity contribution in [2.75, 3.05) is 7.11 Å². The fourth-order valence-corrected chi connectivity index (χ4v) is 3.47. The second-order valence-corrected chi connectivity index (χ2v) is 6.10. The third kappa shape index (κ3) is 3.71. The minimum atomic E-state index is -0.250. The molecule has 132 valence electrons. The van der Waals surface area contributed by atoms with Crippen LogP contribution in [0.5, 0.6) is 0 Å². The molecule has 0 unspecified atom stereocenters. The molecule has 0 aliphatic heterocycles. The van der Waals surface area contributed by atoms with E-state index in [1.54, 1.807) is 0 Å². The van der Waals surface area contributed by atoms with E-state index in [-0.39, 0.29) is 6.47 Å². The van der Waals surface area contributed by atoms with Gasteiger partial charge in [0.2, 0.25) is 0 Å². The molecule has 2 N–H and O–H groups in total. The summed E-state index contributed by atoms with van der Waals surface area (Å²) >= 11 is 0. The Morgan fingerprint density at radius 1 is 1.32 bits per heavy atom. The van der Waals surface area contributed by atoms with Gasteiger partial charge in [-0.3, -0.25) is 9.89 Å². The Hall–Kier alpha value is -2.67. The van der Waals surface area contributed by atoms with Crippen molar-refractivity contribution >= 4 is 17.4 Å². The highest BCUT2D eigenvalue weighted by molar-refractivity contribution is 5.82. The van der Waals surface area contributed by atoms with Gasteiger partial charge < -0.3 is 14.4 Å². The maximum absolute atomic E-state index is 8.36. The smallest absolute Gasteiger partial charge is 0.290 e. The van der Waals surface area contributed by atoms with Crippen LogP contribution in [0.4, 0.5) is 0 Å². The third-order valence-electron chi connectivity index (χ3n) is 4.74. The molecular weight excluding hydrogens is 320 g/mol. The molecule has 7 heteroatoms. The van der Waals surface area contributed by atoms with Crippen molar-refractivity contribution in [1.29, 1.82) is 0 Å². The molecule has 7 nitrogen and oxygen atoms in total. The number of imidazole rings is 1. The Kier molecular flexibility index (Phi) is 5.45. The van der Waals surface area contributed by atoms with Gasteiger partial charge in [-0.05, 0) is 31.7 Å². The zero-order chi connectivity index (χ0) is 17.6. The van der Waals surface area contributed by atoms with Crippen molar-refractivity contribution in [3.05, 3.63) is 36.8 Å². The Morgan fingerprint density at radius 2 is 2.08 bits per heavy atom. The molecule has 1 fully saturated rings. The lowest BCUT2D eigenvalue weighted by atomic mass is 9.92. The largest absolute Gasteiger partial charge is 0.483 e. The van der Waals surface area contributed by atoms with Crippen molar-refractivity contribution in [2.24, 2.45) is 0 Å². The van der Waals surface area contributed by atoms with Crippen molar-refractivity contribution in [1.82, 2.24) is 19.7 Å². The summed E-state index contributed by atoms with van der Waals surface area (Å²) in [7, 11) is 1.81. The summed E-state index contributed by atoms with van der Waals surface area (Å²) in [6.07, 6.45) is 10.8. The second-order valence-electron chi connectivity index (χ2n) is 6.10. The topological polar surface area (TPSA) is 93.0 Å². The average Bonchev–Trinajstić information content (AvgIpc) is 3.31. The number of fused-ring (bicyclic) bond motifs is 1. The van der Waals surface area contributed by atoms with Crippen molar-refractivity contribution < 1.29 is 14.6 Å². The number of nitrogens with one attached hydrogen (secondary N) is 1. The SMILES string of the molecule is COC1CCC(n2ccnc2-c2ccc3cn[nH]c3c2)CC1.O=CO. The summed E-state index contributed by atoms with van der Waals surface area (Å²) in [5, 5.41) is 15.1. The van der Waals surface area contributed by atoms with Gasteiger partial charge in [-0.25, -0.2) is 4.98 Å². The number of hydrogen-bond donors (Lipinski definition) is 2. The Labute approximate surface area is 145 Å². The number of benzene rings is 1. The fraction of sp³-hybridized carbons (Fsp3) is 0.389. The zero-order valence-electron chi connectivity index (χ0n) is 14.1. The number of hydrogen-bond acceptors (Lipinski definition) is 4. The summed E-state index contributed by atoms with van der Waals surface area (Å²) in [5.41, 5.74) is 2.19. The molecule has 4 rings (SSSR count). The van der Waals surface area contributed by atoms with Crippen LogP contribution >= 0.6 is 0 Å². The summed E-state index contributed by atoms with van der Waals surface area (Å²) in [4.78, 5) is 13.0. The van der Waals surface area contributed by atoms with Gasteiger partial charge in [-0.2, -0.15) is 5.10 Å². The molecule has 0 atom stereocenters. The van der Waals surface area contributed by atoms with Crippen LogP contribution in [0.1, 0.15) is 31.7 Å². The van der Waals surface area contributed by atoms with Crippen LogP contribution in [0.25, 0.3) is 22.3 Å². The average molecular weight is 342 g/mol. The Bertz CT molecular complexity index is 818. The van der Waals surface area contributed by atoms with Crippen LogP contribution < -0.4 is 0 Å². The van der Waals surface area contributed by atoms with Crippen molar-refractivity contribution in [3.63, 3.8) is 0 Å². The van der Waals surface area contributed by atoms with Crippen molar-refractivity contribution in [3.8, 4) is 11.4 Å². The van der Waals surface area contributed by atoms with E-state index in [0.717, 1.165) is 48.0 Å². The van der Waals surface area contributed by atoms with Gasteiger partial charge >= 0.3 is 0 Å². The number of H-pyrrole nitrogens is 1. The van der Waals surface area contributed by atoms with Crippen LogP contribution in [0.15, 0.2) is 36.8 Å². The van der Waals surface area contributed by atoms with Crippen LogP contribution in [-0.4, -0.2) is 44.5 Å². The molecule has 0 radical (unpaired) electrons. The molecule has 2 aromatic heterocycles. The maximum Gasteiger partial charge on any atom is 0.290 e. The Morgan fingerprint density at radius 3 is 2.80 bits per heavy atom. The number of carbonyl (C=O) groups is 1. The molecule has 0 spiro atoms. The highest BCUT2D eigenvalue weighted by Gasteiger charge is 2.23. The highest BCUT2D eigenvalue weighted by Crippen LogP contribution is 2.33. The summed E-state index contributed by atoms with van der Waals surface area (Å²) in [6, 6.07) is 6.86.